The molecule has 4 heteroatoms. The fourth-order valence-electron chi connectivity index (χ4n) is 0.966. The van der Waals surface area contributed by atoms with Crippen molar-refractivity contribution in [3.8, 4) is 0 Å². The highest BCUT2D eigenvalue weighted by Gasteiger charge is 1.97. The molecule has 94 valence electrons. The SMILES string of the molecule is CC.N=C1C=CC=CC1=N.N=C1C=CC=CC1=N. The van der Waals surface area contributed by atoms with Crippen molar-refractivity contribution in [2.45, 2.75) is 13.8 Å². The Morgan fingerprint density at radius 2 is 0.667 bits per heavy atom. The summed E-state index contributed by atoms with van der Waals surface area (Å²) in [6, 6.07) is 0. The third-order valence-corrected chi connectivity index (χ3v) is 1.85. The number of rotatable bonds is 0. The second kappa shape index (κ2) is 8.75. The molecule has 0 aromatic carbocycles. The molecular formula is C14H18N4. The molecule has 18 heavy (non-hydrogen) atoms. The minimum absolute atomic E-state index is 0.285. The van der Waals surface area contributed by atoms with Crippen molar-refractivity contribution in [3.63, 3.8) is 0 Å². The van der Waals surface area contributed by atoms with Crippen molar-refractivity contribution in [2.75, 3.05) is 0 Å². The first-order chi connectivity index (χ1) is 8.61. The Balaban J connectivity index is 0.000000283. The Kier molecular flexibility index (Phi) is 7.61. The van der Waals surface area contributed by atoms with Gasteiger partial charge >= 0.3 is 0 Å². The first-order valence-corrected chi connectivity index (χ1v) is 5.65. The van der Waals surface area contributed by atoms with E-state index in [1.807, 2.05) is 13.8 Å². The molecule has 0 saturated heterocycles. The highest BCUT2D eigenvalue weighted by atomic mass is 14.5. The van der Waals surface area contributed by atoms with E-state index in [0.717, 1.165) is 0 Å². The zero-order chi connectivity index (χ0) is 14.0. The lowest BCUT2D eigenvalue weighted by molar-refractivity contribution is 1.49. The van der Waals surface area contributed by atoms with E-state index in [4.69, 9.17) is 21.6 Å². The van der Waals surface area contributed by atoms with Crippen LogP contribution in [0, 0.1) is 21.6 Å². The standard InChI is InChI=1S/2C6H6N2.C2H6/c2*7-5-3-1-2-4-6(5)8;1-2/h2*1-4,7-8H;1-2H3. The normalized spacial score (nSPS) is 15.9. The van der Waals surface area contributed by atoms with Gasteiger partial charge in [-0.05, 0) is 24.3 Å². The molecule has 0 unspecified atom stereocenters. The van der Waals surface area contributed by atoms with Gasteiger partial charge in [0, 0.05) is 0 Å². The molecular weight excluding hydrogens is 224 g/mol. The quantitative estimate of drug-likeness (QED) is 0.469. The summed E-state index contributed by atoms with van der Waals surface area (Å²) in [5.74, 6) is 0. The Morgan fingerprint density at radius 1 is 0.500 bits per heavy atom. The second-order valence-corrected chi connectivity index (χ2v) is 3.09. The molecule has 0 fully saturated rings. The van der Waals surface area contributed by atoms with E-state index >= 15 is 0 Å². The first-order valence-electron chi connectivity index (χ1n) is 5.65. The third kappa shape index (κ3) is 5.65. The van der Waals surface area contributed by atoms with Crippen LogP contribution in [0.25, 0.3) is 0 Å². The van der Waals surface area contributed by atoms with Gasteiger partial charge < -0.3 is 0 Å². The number of hydrogen-bond donors (Lipinski definition) is 4. The van der Waals surface area contributed by atoms with Gasteiger partial charge in [-0.25, -0.2) is 0 Å². The van der Waals surface area contributed by atoms with Crippen LogP contribution in [-0.4, -0.2) is 22.8 Å². The van der Waals surface area contributed by atoms with Crippen LogP contribution in [0.5, 0.6) is 0 Å². The highest BCUT2D eigenvalue weighted by molar-refractivity contribution is 6.49. The van der Waals surface area contributed by atoms with E-state index in [9.17, 15) is 0 Å². The maximum absolute atomic E-state index is 7.03. The lowest BCUT2D eigenvalue weighted by Gasteiger charge is -1.96. The summed E-state index contributed by atoms with van der Waals surface area (Å²) in [7, 11) is 0. The largest absolute Gasteiger partial charge is 0.299 e. The van der Waals surface area contributed by atoms with Crippen molar-refractivity contribution in [3.05, 3.63) is 48.6 Å². The van der Waals surface area contributed by atoms with Crippen molar-refractivity contribution in [2.24, 2.45) is 0 Å². The number of nitrogens with one attached hydrogen (secondary N) is 4. The molecule has 0 bridgehead atoms. The van der Waals surface area contributed by atoms with Crippen LogP contribution in [0.4, 0.5) is 0 Å². The first kappa shape index (κ1) is 15.6. The summed E-state index contributed by atoms with van der Waals surface area (Å²) in [4.78, 5) is 0. The van der Waals surface area contributed by atoms with E-state index in [-0.39, 0.29) is 22.8 Å². The molecule has 2 rings (SSSR count). The second-order valence-electron chi connectivity index (χ2n) is 3.09. The maximum atomic E-state index is 7.03. The van der Waals surface area contributed by atoms with E-state index in [1.54, 1.807) is 48.6 Å². The highest BCUT2D eigenvalue weighted by Crippen LogP contribution is 1.92. The summed E-state index contributed by atoms with van der Waals surface area (Å²) in [6.45, 7) is 4.00. The van der Waals surface area contributed by atoms with Gasteiger partial charge in [-0.15, -0.1) is 0 Å². The van der Waals surface area contributed by atoms with Crippen LogP contribution in [0.15, 0.2) is 48.6 Å². The average molecular weight is 242 g/mol. The van der Waals surface area contributed by atoms with Crippen LogP contribution in [0.1, 0.15) is 13.8 Å². The molecule has 2 aliphatic carbocycles. The van der Waals surface area contributed by atoms with Crippen LogP contribution in [0.2, 0.25) is 0 Å². The van der Waals surface area contributed by atoms with Crippen LogP contribution >= 0.6 is 0 Å². The van der Waals surface area contributed by atoms with Gasteiger partial charge in [-0.1, -0.05) is 38.2 Å². The lowest BCUT2D eigenvalue weighted by atomic mass is 10.1. The van der Waals surface area contributed by atoms with E-state index < -0.39 is 0 Å². The summed E-state index contributed by atoms with van der Waals surface area (Å²) in [5.41, 5.74) is 1.14. The number of hydrogen-bond acceptors (Lipinski definition) is 4. The molecule has 0 spiro atoms. The summed E-state index contributed by atoms with van der Waals surface area (Å²) >= 11 is 0. The molecule has 0 radical (unpaired) electrons. The van der Waals surface area contributed by atoms with Crippen molar-refractivity contribution in [1.82, 2.24) is 0 Å². The van der Waals surface area contributed by atoms with Crippen molar-refractivity contribution in [1.29, 1.82) is 21.6 Å². The van der Waals surface area contributed by atoms with Crippen molar-refractivity contribution < 1.29 is 0 Å². The molecule has 0 atom stereocenters. The molecule has 0 saturated carbocycles. The molecule has 4 N–H and O–H groups in total. The predicted molar refractivity (Wildman–Crippen MR) is 78.8 cm³/mol. The summed E-state index contributed by atoms with van der Waals surface area (Å²) in [6.07, 6.45) is 13.4. The molecule has 0 amide bonds. The van der Waals surface area contributed by atoms with E-state index in [1.165, 1.54) is 0 Å². The van der Waals surface area contributed by atoms with Gasteiger partial charge in [0.1, 0.15) is 0 Å². The summed E-state index contributed by atoms with van der Waals surface area (Å²) in [5, 5.41) is 28.1. The smallest absolute Gasteiger partial charge is 0.0789 e. The molecule has 4 nitrogen and oxygen atoms in total. The molecule has 0 heterocycles. The Bertz CT molecular complexity index is 374. The Morgan fingerprint density at radius 3 is 0.778 bits per heavy atom. The van der Waals surface area contributed by atoms with Gasteiger partial charge in [-0.3, -0.25) is 21.6 Å². The van der Waals surface area contributed by atoms with Crippen molar-refractivity contribution >= 4 is 22.8 Å². The summed E-state index contributed by atoms with van der Waals surface area (Å²) < 4.78 is 0. The van der Waals surface area contributed by atoms with E-state index in [0.29, 0.717) is 0 Å². The van der Waals surface area contributed by atoms with Crippen LogP contribution in [0.3, 0.4) is 0 Å². The van der Waals surface area contributed by atoms with E-state index in [2.05, 4.69) is 0 Å². The fraction of sp³-hybridized carbons (Fsp3) is 0.143. The minimum atomic E-state index is 0.285. The van der Waals surface area contributed by atoms with Gasteiger partial charge in [-0.2, -0.15) is 0 Å². The Hall–Kier alpha value is -2.36. The topological polar surface area (TPSA) is 95.4 Å². The lowest BCUT2D eigenvalue weighted by Crippen LogP contribution is -2.06. The third-order valence-electron chi connectivity index (χ3n) is 1.85. The molecule has 0 aliphatic heterocycles. The monoisotopic (exact) mass is 242 g/mol. The van der Waals surface area contributed by atoms with Gasteiger partial charge in [0.2, 0.25) is 0 Å². The zero-order valence-corrected chi connectivity index (χ0v) is 10.6. The minimum Gasteiger partial charge on any atom is -0.299 e. The molecule has 0 aromatic rings. The molecule has 2 aliphatic rings. The number of allylic oxidation sites excluding steroid dienone is 8. The van der Waals surface area contributed by atoms with Gasteiger partial charge in [0.05, 0.1) is 22.8 Å². The maximum Gasteiger partial charge on any atom is 0.0789 e. The zero-order valence-electron chi connectivity index (χ0n) is 10.6. The predicted octanol–water partition coefficient (Wildman–Crippen LogP) is 3.33. The average Bonchev–Trinajstić information content (AvgIpc) is 2.40. The van der Waals surface area contributed by atoms with Gasteiger partial charge in [0.25, 0.3) is 0 Å². The van der Waals surface area contributed by atoms with Crippen LogP contribution in [-0.2, 0) is 0 Å². The van der Waals surface area contributed by atoms with Gasteiger partial charge in [0.15, 0.2) is 0 Å². The Labute approximate surface area is 107 Å². The molecule has 0 aromatic heterocycles. The fourth-order valence-corrected chi connectivity index (χ4v) is 0.966. The van der Waals surface area contributed by atoms with Crippen LogP contribution < -0.4 is 0 Å².